The second-order valence-corrected chi connectivity index (χ2v) is 14.5. The molecule has 8 nitrogen and oxygen atoms in total. The van der Waals surface area contributed by atoms with E-state index < -0.39 is 32.5 Å². The van der Waals surface area contributed by atoms with E-state index in [0.29, 0.717) is 6.42 Å². The fraction of sp³-hybridized carbons (Fsp3) is 0.895. The van der Waals surface area contributed by atoms with E-state index in [1.807, 2.05) is 0 Å². The molecule has 2 N–H and O–H groups in total. The summed E-state index contributed by atoms with van der Waals surface area (Å²) in [6.45, 7) is 3.62. The Balaban J connectivity index is 3.84. The Morgan fingerprint density at radius 2 is 0.936 bits per heavy atom. The third-order valence-corrected chi connectivity index (χ3v) is 9.00. The molecule has 0 rings (SSSR count). The molecular weight excluding hydrogens is 615 g/mol. The first kappa shape index (κ1) is 45.8. The molecule has 47 heavy (non-hydrogen) atoms. The SMILES string of the molecule is CCC/C=C\CCCCCCCC(=O)OC(COC(=O)CCCCCCCCCCCCCCCCCCCCC)COP(=O)(O)O. The van der Waals surface area contributed by atoms with E-state index in [9.17, 15) is 14.2 Å². The van der Waals surface area contributed by atoms with Gasteiger partial charge in [-0.25, -0.2) is 4.57 Å². The van der Waals surface area contributed by atoms with Crippen LogP contribution >= 0.6 is 7.82 Å². The summed E-state index contributed by atoms with van der Waals surface area (Å²) in [6, 6.07) is 0. The van der Waals surface area contributed by atoms with Crippen molar-refractivity contribution in [3.63, 3.8) is 0 Å². The highest BCUT2D eigenvalue weighted by molar-refractivity contribution is 7.46. The number of unbranched alkanes of at least 4 members (excludes halogenated alkanes) is 24. The molecule has 0 heterocycles. The van der Waals surface area contributed by atoms with E-state index in [1.165, 1.54) is 109 Å². The first-order chi connectivity index (χ1) is 22.8. The number of phosphoric acid groups is 1. The van der Waals surface area contributed by atoms with E-state index in [1.54, 1.807) is 0 Å². The third-order valence-electron chi connectivity index (χ3n) is 8.52. The number of hydrogen-bond acceptors (Lipinski definition) is 6. The summed E-state index contributed by atoms with van der Waals surface area (Å²) < 4.78 is 26.3. The molecule has 0 bridgehead atoms. The first-order valence-corrected chi connectivity index (χ1v) is 21.0. The van der Waals surface area contributed by atoms with Gasteiger partial charge in [0.25, 0.3) is 0 Å². The first-order valence-electron chi connectivity index (χ1n) is 19.5. The monoisotopic (exact) mass is 689 g/mol. The van der Waals surface area contributed by atoms with Gasteiger partial charge in [-0.2, -0.15) is 0 Å². The van der Waals surface area contributed by atoms with Gasteiger partial charge in [-0.05, 0) is 32.1 Å². The van der Waals surface area contributed by atoms with Crippen LogP contribution in [-0.4, -0.2) is 41.0 Å². The van der Waals surface area contributed by atoms with Crippen LogP contribution in [0.2, 0.25) is 0 Å². The van der Waals surface area contributed by atoms with Crippen molar-refractivity contribution in [2.45, 2.75) is 206 Å². The number of phosphoric ester groups is 1. The van der Waals surface area contributed by atoms with Crippen molar-refractivity contribution < 1.29 is 37.9 Å². The average Bonchev–Trinajstić information content (AvgIpc) is 3.04. The molecule has 0 fully saturated rings. The van der Waals surface area contributed by atoms with Crippen molar-refractivity contribution >= 4 is 19.8 Å². The molecule has 0 saturated heterocycles. The quantitative estimate of drug-likeness (QED) is 0.0289. The van der Waals surface area contributed by atoms with Crippen LogP contribution in [0.4, 0.5) is 0 Å². The highest BCUT2D eigenvalue weighted by atomic mass is 31.2. The van der Waals surface area contributed by atoms with Crippen LogP contribution in [0.5, 0.6) is 0 Å². The maximum Gasteiger partial charge on any atom is 0.469 e. The predicted molar refractivity (Wildman–Crippen MR) is 193 cm³/mol. The Bertz CT molecular complexity index is 782. The van der Waals surface area contributed by atoms with Gasteiger partial charge in [-0.1, -0.05) is 167 Å². The second kappa shape index (κ2) is 34.6. The zero-order valence-electron chi connectivity index (χ0n) is 30.4. The molecule has 0 aliphatic heterocycles. The smallest absolute Gasteiger partial charge is 0.462 e. The van der Waals surface area contributed by atoms with Crippen molar-refractivity contribution in [3.05, 3.63) is 12.2 Å². The molecule has 1 unspecified atom stereocenters. The summed E-state index contributed by atoms with van der Waals surface area (Å²) in [5.74, 6) is -0.889. The van der Waals surface area contributed by atoms with Crippen LogP contribution < -0.4 is 0 Å². The largest absolute Gasteiger partial charge is 0.469 e. The molecule has 9 heteroatoms. The number of carbonyl (C=O) groups excluding carboxylic acids is 2. The summed E-state index contributed by atoms with van der Waals surface area (Å²) >= 11 is 0. The lowest BCUT2D eigenvalue weighted by Crippen LogP contribution is -2.29. The summed E-state index contributed by atoms with van der Waals surface area (Å²) in [7, 11) is -4.74. The number of ether oxygens (including phenoxy) is 2. The summed E-state index contributed by atoms with van der Waals surface area (Å²) in [5, 5.41) is 0. The Morgan fingerprint density at radius 3 is 1.38 bits per heavy atom. The van der Waals surface area contributed by atoms with E-state index >= 15 is 0 Å². The Morgan fingerprint density at radius 1 is 0.532 bits per heavy atom. The fourth-order valence-corrected chi connectivity index (χ4v) is 5.97. The minimum atomic E-state index is -4.74. The fourth-order valence-electron chi connectivity index (χ4n) is 5.61. The lowest BCUT2D eigenvalue weighted by Gasteiger charge is -2.18. The van der Waals surface area contributed by atoms with Crippen LogP contribution in [0.15, 0.2) is 12.2 Å². The van der Waals surface area contributed by atoms with E-state index in [-0.39, 0.29) is 19.4 Å². The van der Waals surface area contributed by atoms with Crippen LogP contribution in [0.3, 0.4) is 0 Å². The number of carbonyl (C=O) groups is 2. The molecule has 0 spiro atoms. The van der Waals surface area contributed by atoms with Gasteiger partial charge in [-0.15, -0.1) is 0 Å². The van der Waals surface area contributed by atoms with Crippen molar-refractivity contribution in [1.29, 1.82) is 0 Å². The highest BCUT2D eigenvalue weighted by Crippen LogP contribution is 2.36. The molecule has 0 aromatic heterocycles. The standard InChI is InChI=1S/C38H73O8P/c1-3-5-7-9-11-13-15-16-17-18-19-20-21-22-23-25-26-28-30-32-37(39)44-34-36(35-45-47(41,42)43)46-38(40)33-31-29-27-24-14-12-10-8-6-4-2/h8,10,36H,3-7,9,11-35H2,1-2H3,(H2,41,42,43)/b10-8-. The molecule has 0 aliphatic carbocycles. The predicted octanol–water partition coefficient (Wildman–Crippen LogP) is 11.5. The Kier molecular flexibility index (Phi) is 33.8. The van der Waals surface area contributed by atoms with Gasteiger partial charge in [0, 0.05) is 12.8 Å². The van der Waals surface area contributed by atoms with Crippen LogP contribution in [0.1, 0.15) is 200 Å². The van der Waals surface area contributed by atoms with Crippen molar-refractivity contribution in [1.82, 2.24) is 0 Å². The maximum absolute atomic E-state index is 12.3. The van der Waals surface area contributed by atoms with Gasteiger partial charge in [-0.3, -0.25) is 14.1 Å². The molecule has 0 aromatic rings. The molecule has 0 aliphatic rings. The van der Waals surface area contributed by atoms with E-state index in [0.717, 1.165) is 57.8 Å². The van der Waals surface area contributed by atoms with Gasteiger partial charge in [0.05, 0.1) is 6.61 Å². The minimum absolute atomic E-state index is 0.204. The lowest BCUT2D eigenvalue weighted by molar-refractivity contribution is -0.161. The van der Waals surface area contributed by atoms with Gasteiger partial charge in [0.2, 0.25) is 0 Å². The molecule has 278 valence electrons. The molecule has 0 saturated carbocycles. The molecule has 1 atom stereocenters. The third kappa shape index (κ3) is 37.5. The number of esters is 2. The highest BCUT2D eigenvalue weighted by Gasteiger charge is 2.22. The summed E-state index contributed by atoms with van der Waals surface area (Å²) in [4.78, 5) is 42.6. The maximum atomic E-state index is 12.3. The zero-order valence-corrected chi connectivity index (χ0v) is 31.3. The molecule has 0 aromatic carbocycles. The van der Waals surface area contributed by atoms with Crippen molar-refractivity contribution in [2.24, 2.45) is 0 Å². The van der Waals surface area contributed by atoms with Crippen LogP contribution in [0.25, 0.3) is 0 Å². The summed E-state index contributed by atoms with van der Waals surface area (Å²) in [6.07, 6.45) is 36.6. The lowest BCUT2D eigenvalue weighted by atomic mass is 10.0. The van der Waals surface area contributed by atoms with Gasteiger partial charge >= 0.3 is 19.8 Å². The number of hydrogen-bond donors (Lipinski definition) is 2. The molecule has 0 radical (unpaired) electrons. The van der Waals surface area contributed by atoms with Gasteiger partial charge in [0.1, 0.15) is 6.61 Å². The minimum Gasteiger partial charge on any atom is -0.462 e. The number of rotatable bonds is 36. The molecule has 0 amide bonds. The normalized spacial score (nSPS) is 12.5. The Hall–Kier alpha value is -1.21. The van der Waals surface area contributed by atoms with Crippen molar-refractivity contribution in [2.75, 3.05) is 13.2 Å². The van der Waals surface area contributed by atoms with E-state index in [4.69, 9.17) is 19.3 Å². The topological polar surface area (TPSA) is 119 Å². The Labute approximate surface area is 288 Å². The zero-order chi connectivity index (χ0) is 34.7. The van der Waals surface area contributed by atoms with E-state index in [2.05, 4.69) is 30.5 Å². The average molecular weight is 689 g/mol. The van der Waals surface area contributed by atoms with Gasteiger partial charge < -0.3 is 19.3 Å². The summed E-state index contributed by atoms with van der Waals surface area (Å²) in [5.41, 5.74) is 0. The molecular formula is C38H73O8P. The van der Waals surface area contributed by atoms with Crippen LogP contribution in [0, 0.1) is 0 Å². The second-order valence-electron chi connectivity index (χ2n) is 13.3. The van der Waals surface area contributed by atoms with Crippen LogP contribution in [-0.2, 0) is 28.2 Å². The number of allylic oxidation sites excluding steroid dienone is 2. The van der Waals surface area contributed by atoms with Crippen molar-refractivity contribution in [3.8, 4) is 0 Å². The van der Waals surface area contributed by atoms with Gasteiger partial charge in [0.15, 0.2) is 6.10 Å².